The summed E-state index contributed by atoms with van der Waals surface area (Å²) in [6, 6.07) is 14.9. The number of esters is 1. The zero-order valence-electron chi connectivity index (χ0n) is 18.6. The van der Waals surface area contributed by atoms with Gasteiger partial charge in [-0.05, 0) is 43.0 Å². The van der Waals surface area contributed by atoms with Crippen LogP contribution in [0.2, 0.25) is 0 Å². The first-order valence-electron chi connectivity index (χ1n) is 10.4. The van der Waals surface area contributed by atoms with Gasteiger partial charge in [0.15, 0.2) is 6.04 Å². The summed E-state index contributed by atoms with van der Waals surface area (Å²) in [5, 5.41) is 2.51. The number of amides is 1. The monoisotopic (exact) mass is 513 g/mol. The first kappa shape index (κ1) is 25.6. The molecule has 2 aromatic carbocycles. The fourth-order valence-electron chi connectivity index (χ4n) is 3.54. The van der Waals surface area contributed by atoms with E-state index in [9.17, 15) is 9.59 Å². The molecule has 9 heteroatoms. The summed E-state index contributed by atoms with van der Waals surface area (Å²) in [5.41, 5.74) is 3.86. The van der Waals surface area contributed by atoms with Crippen LogP contribution in [0.3, 0.4) is 0 Å². The lowest BCUT2D eigenvalue weighted by molar-refractivity contribution is -0.149. The molecule has 0 saturated carbocycles. The number of hydrogen-bond acceptors (Lipinski definition) is 5. The number of halogens is 3. The first-order valence-corrected chi connectivity index (χ1v) is 11.6. The van der Waals surface area contributed by atoms with Crippen LogP contribution in [0.4, 0.5) is 4.79 Å². The number of benzene rings is 2. The fraction of sp³-hybridized carbons (Fsp3) is 0.417. The Hall–Kier alpha value is -1.99. The van der Waals surface area contributed by atoms with E-state index < -0.39 is 34.1 Å². The molecular weight excluding hydrogens is 489 g/mol. The van der Waals surface area contributed by atoms with Gasteiger partial charge in [0, 0.05) is 5.92 Å². The Bertz CT molecular complexity index is 955. The second-order valence-electron chi connectivity index (χ2n) is 8.67. The van der Waals surface area contributed by atoms with Gasteiger partial charge < -0.3 is 19.5 Å². The van der Waals surface area contributed by atoms with E-state index in [1.807, 2.05) is 57.2 Å². The molecule has 0 fully saturated rings. The van der Waals surface area contributed by atoms with E-state index in [4.69, 9.17) is 49.0 Å². The Kier molecular flexibility index (Phi) is 8.17. The van der Waals surface area contributed by atoms with E-state index in [1.54, 1.807) is 0 Å². The summed E-state index contributed by atoms with van der Waals surface area (Å²) in [6.45, 7) is 4.98. The van der Waals surface area contributed by atoms with Crippen LogP contribution in [0.1, 0.15) is 37.8 Å². The molecule has 0 unspecified atom stereocenters. The molecule has 1 atom stereocenters. The van der Waals surface area contributed by atoms with Crippen LogP contribution in [0.25, 0.3) is 11.1 Å². The van der Waals surface area contributed by atoms with Gasteiger partial charge in [-0.3, -0.25) is 0 Å². The maximum Gasteiger partial charge on any atom is 0.407 e. The lowest BCUT2D eigenvalue weighted by Gasteiger charge is -2.25. The van der Waals surface area contributed by atoms with Crippen molar-refractivity contribution in [3.8, 4) is 11.1 Å². The van der Waals surface area contributed by atoms with Gasteiger partial charge in [-0.15, -0.1) is 0 Å². The highest BCUT2D eigenvalue weighted by Crippen LogP contribution is 2.44. The number of hydrogen-bond donors (Lipinski definition) is 1. The minimum Gasteiger partial charge on any atom is -0.460 e. The third-order valence-corrected chi connectivity index (χ3v) is 5.31. The molecule has 6 nitrogen and oxygen atoms in total. The summed E-state index contributed by atoms with van der Waals surface area (Å²) in [4.78, 5) is 25.1. The topological polar surface area (TPSA) is 73.9 Å². The first-order chi connectivity index (χ1) is 15.4. The molecule has 1 amide bonds. The number of fused-ring (bicyclic) bond motifs is 3. The second kappa shape index (κ2) is 10.5. The van der Waals surface area contributed by atoms with E-state index in [0.717, 1.165) is 22.3 Å². The molecule has 0 aromatic heterocycles. The van der Waals surface area contributed by atoms with Gasteiger partial charge in [0.05, 0.1) is 12.2 Å². The zero-order valence-corrected chi connectivity index (χ0v) is 20.8. The van der Waals surface area contributed by atoms with Crippen molar-refractivity contribution in [3.05, 3.63) is 59.7 Å². The Morgan fingerprint density at radius 2 is 1.48 bits per heavy atom. The average molecular weight is 515 g/mol. The van der Waals surface area contributed by atoms with Crippen LogP contribution in [-0.2, 0) is 19.0 Å². The number of rotatable bonds is 7. The fourth-order valence-corrected chi connectivity index (χ4v) is 3.70. The van der Waals surface area contributed by atoms with Gasteiger partial charge in [-0.2, -0.15) is 0 Å². The van der Waals surface area contributed by atoms with E-state index in [1.165, 1.54) is 0 Å². The van der Waals surface area contributed by atoms with Crippen LogP contribution in [0.5, 0.6) is 0 Å². The lowest BCUT2D eigenvalue weighted by atomic mass is 9.98. The Balaban J connectivity index is 1.65. The Morgan fingerprint density at radius 3 is 2.00 bits per heavy atom. The molecule has 3 rings (SSSR count). The van der Waals surface area contributed by atoms with Crippen molar-refractivity contribution in [1.29, 1.82) is 0 Å². The quantitative estimate of drug-likeness (QED) is 0.383. The van der Waals surface area contributed by atoms with Crippen molar-refractivity contribution in [3.63, 3.8) is 0 Å². The number of alkyl halides is 3. The van der Waals surface area contributed by atoms with Gasteiger partial charge in [-0.25, -0.2) is 9.59 Å². The van der Waals surface area contributed by atoms with Crippen LogP contribution in [0, 0.1) is 0 Å². The highest BCUT2D eigenvalue weighted by atomic mass is 35.6. The summed E-state index contributed by atoms with van der Waals surface area (Å²) >= 11 is 17.0. The number of ether oxygens (including phenoxy) is 3. The molecular formula is C24H26Cl3NO5. The molecule has 0 heterocycles. The maximum atomic E-state index is 12.6. The van der Waals surface area contributed by atoms with Crippen molar-refractivity contribution in [1.82, 2.24) is 5.32 Å². The molecule has 178 valence electrons. The van der Waals surface area contributed by atoms with Crippen molar-refractivity contribution >= 4 is 46.9 Å². The summed E-state index contributed by atoms with van der Waals surface area (Å²) in [7, 11) is 0. The molecule has 2 aromatic rings. The summed E-state index contributed by atoms with van der Waals surface area (Å²) < 4.78 is 14.4. The Morgan fingerprint density at radius 1 is 0.939 bits per heavy atom. The number of carbonyl (C=O) groups excluding carboxylic acids is 2. The molecule has 33 heavy (non-hydrogen) atoms. The normalized spacial score (nSPS) is 14.2. The van der Waals surface area contributed by atoms with Crippen LogP contribution >= 0.6 is 34.8 Å². The largest absolute Gasteiger partial charge is 0.460 e. The smallest absolute Gasteiger partial charge is 0.407 e. The van der Waals surface area contributed by atoms with Crippen molar-refractivity contribution in [2.45, 2.75) is 42.1 Å². The number of carbonyl (C=O) groups is 2. The van der Waals surface area contributed by atoms with Crippen molar-refractivity contribution < 1.29 is 23.8 Å². The predicted octanol–water partition coefficient (Wildman–Crippen LogP) is 5.62. The molecule has 1 N–H and O–H groups in total. The molecule has 0 spiro atoms. The molecule has 1 aliphatic carbocycles. The van der Waals surface area contributed by atoms with Gasteiger partial charge in [0.1, 0.15) is 13.2 Å². The molecule has 0 radical (unpaired) electrons. The molecule has 1 aliphatic rings. The predicted molar refractivity (Wildman–Crippen MR) is 129 cm³/mol. The van der Waals surface area contributed by atoms with Crippen LogP contribution in [-0.4, -0.2) is 47.3 Å². The Labute approximate surface area is 208 Å². The third kappa shape index (κ3) is 7.24. The third-order valence-electron chi connectivity index (χ3n) is 4.98. The zero-order chi connectivity index (χ0) is 24.2. The molecule has 0 saturated heterocycles. The highest BCUT2D eigenvalue weighted by molar-refractivity contribution is 6.67. The number of alkyl carbamates (subject to hydrolysis) is 1. The minimum absolute atomic E-state index is 0.107. The van der Waals surface area contributed by atoms with E-state index in [2.05, 4.69) is 17.4 Å². The summed E-state index contributed by atoms with van der Waals surface area (Å²) in [5.74, 6) is -0.900. The summed E-state index contributed by atoms with van der Waals surface area (Å²) in [6.07, 6.45) is -0.773. The van der Waals surface area contributed by atoms with Gasteiger partial charge in [-0.1, -0.05) is 83.3 Å². The van der Waals surface area contributed by atoms with Crippen molar-refractivity contribution in [2.24, 2.45) is 0 Å². The van der Waals surface area contributed by atoms with E-state index in [-0.39, 0.29) is 19.1 Å². The van der Waals surface area contributed by atoms with Crippen LogP contribution in [0.15, 0.2) is 48.5 Å². The standard InChI is InChI=1S/C24H26Cl3NO5/c1-23(2,3)33-13-20(21(29)32-14-24(25,26)27)28-22(30)31-12-19-17-10-6-4-8-15(17)16-9-5-7-11-18(16)19/h4-11,19-20H,12-14H2,1-3H3,(H,28,30)/t20-/m1/s1. The van der Waals surface area contributed by atoms with Crippen molar-refractivity contribution in [2.75, 3.05) is 19.8 Å². The maximum absolute atomic E-state index is 12.6. The van der Waals surface area contributed by atoms with Crippen LogP contribution < -0.4 is 5.32 Å². The number of nitrogens with one attached hydrogen (secondary N) is 1. The van der Waals surface area contributed by atoms with E-state index in [0.29, 0.717) is 0 Å². The SMILES string of the molecule is CC(C)(C)OC[C@@H](NC(=O)OCC1c2ccccc2-c2ccccc21)C(=O)OCC(Cl)(Cl)Cl. The lowest BCUT2D eigenvalue weighted by Crippen LogP contribution is -2.47. The second-order valence-corrected chi connectivity index (χ2v) is 11.2. The van der Waals surface area contributed by atoms with Gasteiger partial charge in [0.2, 0.25) is 3.79 Å². The van der Waals surface area contributed by atoms with Gasteiger partial charge >= 0.3 is 12.1 Å². The van der Waals surface area contributed by atoms with E-state index >= 15 is 0 Å². The molecule has 0 aliphatic heterocycles. The average Bonchev–Trinajstić information content (AvgIpc) is 3.06. The van der Waals surface area contributed by atoms with Gasteiger partial charge in [0.25, 0.3) is 0 Å². The minimum atomic E-state index is -1.77. The molecule has 0 bridgehead atoms. The highest BCUT2D eigenvalue weighted by Gasteiger charge is 2.31.